The molecule has 2 N–H and O–H groups in total. The summed E-state index contributed by atoms with van der Waals surface area (Å²) in [5.41, 5.74) is 0. The number of nitrogens with zero attached hydrogens (tertiary/aromatic N) is 1. The smallest absolute Gasteiger partial charge is 0.265 e. The van der Waals surface area contributed by atoms with Gasteiger partial charge in [0.15, 0.2) is 0 Å². The van der Waals surface area contributed by atoms with Gasteiger partial charge in [-0.2, -0.15) is 8.42 Å². The Morgan fingerprint density at radius 2 is 1.78 bits per heavy atom. The van der Waals surface area contributed by atoms with E-state index in [2.05, 4.69) is 5.32 Å². The summed E-state index contributed by atoms with van der Waals surface area (Å²) < 4.78 is 30.5. The minimum absolute atomic E-state index is 0.0479. The maximum absolute atomic E-state index is 11.0. The molecule has 0 aromatic heterocycles. The van der Waals surface area contributed by atoms with Crippen LogP contribution in [-0.4, -0.2) is 62.8 Å². The first-order valence-electron chi connectivity index (χ1n) is 6.20. The van der Waals surface area contributed by atoms with E-state index in [9.17, 15) is 13.2 Å². The molecule has 0 atom stereocenters. The molecule has 0 rings (SSSR count). The lowest BCUT2D eigenvalue weighted by atomic mass is 10.3. The lowest BCUT2D eigenvalue weighted by molar-refractivity contribution is -0.890. The van der Waals surface area contributed by atoms with Gasteiger partial charge in [-0.3, -0.25) is 9.35 Å². The van der Waals surface area contributed by atoms with Crippen LogP contribution in [-0.2, 0) is 14.9 Å². The second-order valence-electron chi connectivity index (χ2n) is 5.08. The van der Waals surface area contributed by atoms with Crippen LogP contribution in [0.3, 0.4) is 0 Å². The molecular formula is C11H25N2O4S+. The van der Waals surface area contributed by atoms with E-state index < -0.39 is 10.1 Å². The summed E-state index contributed by atoms with van der Waals surface area (Å²) in [5.74, 6) is -0.145. The third-order valence-corrected chi connectivity index (χ3v) is 3.55. The average molecular weight is 281 g/mol. The fraction of sp³-hybridized carbons (Fsp3) is 0.909. The van der Waals surface area contributed by atoms with E-state index in [4.69, 9.17) is 4.55 Å². The van der Waals surface area contributed by atoms with Gasteiger partial charge >= 0.3 is 0 Å². The molecule has 0 aliphatic heterocycles. The Labute approximate surface area is 110 Å². The van der Waals surface area contributed by atoms with Crippen LogP contribution < -0.4 is 5.32 Å². The second kappa shape index (κ2) is 7.70. The van der Waals surface area contributed by atoms with Crippen LogP contribution >= 0.6 is 0 Å². The summed E-state index contributed by atoms with van der Waals surface area (Å²) in [7, 11) is 0.158. The van der Waals surface area contributed by atoms with Crippen molar-refractivity contribution in [2.24, 2.45) is 0 Å². The fourth-order valence-electron chi connectivity index (χ4n) is 1.65. The Balaban J connectivity index is 3.76. The Bertz CT molecular complexity index is 352. The van der Waals surface area contributed by atoms with Crippen LogP contribution in [0.4, 0.5) is 0 Å². The second-order valence-corrected chi connectivity index (χ2v) is 6.65. The summed E-state index contributed by atoms with van der Waals surface area (Å²) in [5, 5.41) is 2.80. The van der Waals surface area contributed by atoms with E-state index in [-0.39, 0.29) is 11.7 Å². The van der Waals surface area contributed by atoms with Gasteiger partial charge < -0.3 is 9.80 Å². The quantitative estimate of drug-likeness (QED) is 0.361. The van der Waals surface area contributed by atoms with Crippen molar-refractivity contribution in [1.29, 1.82) is 0 Å². The monoisotopic (exact) mass is 281 g/mol. The van der Waals surface area contributed by atoms with E-state index >= 15 is 0 Å². The highest BCUT2D eigenvalue weighted by molar-refractivity contribution is 7.85. The lowest BCUT2D eigenvalue weighted by Gasteiger charge is -2.29. The van der Waals surface area contributed by atoms with E-state index in [1.807, 2.05) is 21.0 Å². The molecule has 0 aromatic rings. The number of carbonyl (C=O) groups excluding carboxylic acids is 1. The number of quaternary nitrogens is 1. The van der Waals surface area contributed by atoms with Crippen molar-refractivity contribution >= 4 is 16.0 Å². The number of hydrogen-bond acceptors (Lipinski definition) is 3. The van der Waals surface area contributed by atoms with E-state index in [1.54, 1.807) is 0 Å². The van der Waals surface area contributed by atoms with E-state index in [0.717, 1.165) is 13.0 Å². The Hall–Kier alpha value is -0.660. The molecule has 0 radical (unpaired) electrons. The molecule has 0 heterocycles. The van der Waals surface area contributed by atoms with E-state index in [0.29, 0.717) is 30.4 Å². The molecule has 6 nitrogen and oxygen atoms in total. The van der Waals surface area contributed by atoms with Crippen LogP contribution in [0.1, 0.15) is 26.2 Å². The van der Waals surface area contributed by atoms with Crippen LogP contribution in [0, 0.1) is 0 Å². The first-order valence-corrected chi connectivity index (χ1v) is 7.81. The molecule has 0 saturated heterocycles. The Morgan fingerprint density at radius 1 is 1.22 bits per heavy atom. The number of carbonyl (C=O) groups is 1. The van der Waals surface area contributed by atoms with Crippen molar-refractivity contribution in [3.05, 3.63) is 0 Å². The highest BCUT2D eigenvalue weighted by Crippen LogP contribution is 2.02. The van der Waals surface area contributed by atoms with Gasteiger partial charge in [-0.05, 0) is 0 Å². The van der Waals surface area contributed by atoms with Crippen LogP contribution in [0.25, 0.3) is 0 Å². The van der Waals surface area contributed by atoms with Gasteiger partial charge in [-0.25, -0.2) is 0 Å². The molecule has 0 fully saturated rings. The van der Waals surface area contributed by atoms with Crippen molar-refractivity contribution < 1.29 is 22.2 Å². The summed E-state index contributed by atoms with van der Waals surface area (Å²) in [6, 6.07) is 0. The zero-order chi connectivity index (χ0) is 14.2. The molecule has 108 valence electrons. The Morgan fingerprint density at radius 3 is 2.28 bits per heavy atom. The number of nitrogens with one attached hydrogen (secondary N) is 1. The maximum Gasteiger partial charge on any atom is 0.265 e. The summed E-state index contributed by atoms with van der Waals surface area (Å²) in [6.07, 6.45) is 1.78. The number of hydrogen-bond donors (Lipinski definition) is 2. The first-order chi connectivity index (χ1) is 8.16. The van der Waals surface area contributed by atoms with Gasteiger partial charge in [0.1, 0.15) is 0 Å². The molecule has 0 bridgehead atoms. The summed E-state index contributed by atoms with van der Waals surface area (Å²) in [6.45, 7) is 3.99. The predicted octanol–water partition coefficient (Wildman–Crippen LogP) is 0.257. The van der Waals surface area contributed by atoms with Gasteiger partial charge in [0.25, 0.3) is 10.1 Å². The fourth-order valence-corrected chi connectivity index (χ4v) is 2.14. The van der Waals surface area contributed by atoms with Crippen molar-refractivity contribution in [3.63, 3.8) is 0 Å². The standard InChI is InChI=1S/C11H24N2O4S/c1-4-11(14)12-7-5-8-13(2,3)9-6-10-18(15,16)17/h4-10H2,1-3H3,(H-,12,14,15,16,17)/p+1. The maximum atomic E-state index is 11.0. The van der Waals surface area contributed by atoms with Crippen molar-refractivity contribution in [2.45, 2.75) is 26.2 Å². The molecule has 0 unspecified atom stereocenters. The van der Waals surface area contributed by atoms with Crippen molar-refractivity contribution in [2.75, 3.05) is 39.5 Å². The third kappa shape index (κ3) is 10.5. The van der Waals surface area contributed by atoms with Crippen molar-refractivity contribution in [1.82, 2.24) is 5.32 Å². The zero-order valence-corrected chi connectivity index (χ0v) is 12.3. The minimum atomic E-state index is -3.85. The lowest BCUT2D eigenvalue weighted by Crippen LogP contribution is -2.43. The normalized spacial score (nSPS) is 12.4. The van der Waals surface area contributed by atoms with Crippen LogP contribution in [0.5, 0.6) is 0 Å². The topological polar surface area (TPSA) is 83.5 Å². The highest BCUT2D eigenvalue weighted by Gasteiger charge is 2.16. The minimum Gasteiger partial charge on any atom is -0.356 e. The van der Waals surface area contributed by atoms with Gasteiger partial charge in [0.2, 0.25) is 5.91 Å². The highest BCUT2D eigenvalue weighted by atomic mass is 32.2. The third-order valence-electron chi connectivity index (χ3n) is 2.75. The van der Waals surface area contributed by atoms with Gasteiger partial charge in [-0.1, -0.05) is 6.92 Å². The molecule has 0 spiro atoms. The number of amides is 1. The van der Waals surface area contributed by atoms with Crippen LogP contribution in [0.15, 0.2) is 0 Å². The predicted molar refractivity (Wildman–Crippen MR) is 70.8 cm³/mol. The molecular weight excluding hydrogens is 256 g/mol. The Kier molecular flexibility index (Phi) is 7.42. The van der Waals surface area contributed by atoms with E-state index in [1.165, 1.54) is 0 Å². The molecule has 7 heteroatoms. The number of rotatable bonds is 9. The molecule has 1 amide bonds. The molecule has 0 saturated carbocycles. The SMILES string of the molecule is CCC(=O)NCCC[N+](C)(C)CCCS(=O)(=O)O. The largest absolute Gasteiger partial charge is 0.356 e. The van der Waals surface area contributed by atoms with Gasteiger partial charge in [0, 0.05) is 25.8 Å². The summed E-state index contributed by atoms with van der Waals surface area (Å²) in [4.78, 5) is 11.0. The van der Waals surface area contributed by atoms with Crippen LogP contribution in [0.2, 0.25) is 0 Å². The molecule has 0 aliphatic rings. The average Bonchev–Trinajstić information content (AvgIpc) is 2.21. The molecule has 0 aliphatic carbocycles. The molecule has 18 heavy (non-hydrogen) atoms. The summed E-state index contributed by atoms with van der Waals surface area (Å²) >= 11 is 0. The zero-order valence-electron chi connectivity index (χ0n) is 11.5. The first kappa shape index (κ1) is 17.3. The van der Waals surface area contributed by atoms with Gasteiger partial charge in [-0.15, -0.1) is 0 Å². The van der Waals surface area contributed by atoms with Gasteiger partial charge in [0.05, 0.1) is 32.9 Å². The van der Waals surface area contributed by atoms with Crippen molar-refractivity contribution in [3.8, 4) is 0 Å². The molecule has 0 aromatic carbocycles.